The van der Waals surface area contributed by atoms with Crippen LogP contribution in [0, 0.1) is 5.92 Å². The van der Waals surface area contributed by atoms with Crippen molar-refractivity contribution in [2.45, 2.75) is 52.2 Å². The summed E-state index contributed by atoms with van der Waals surface area (Å²) in [5.41, 5.74) is 5.09. The highest BCUT2D eigenvalue weighted by atomic mass is 16.2. The van der Waals surface area contributed by atoms with Crippen molar-refractivity contribution in [3.05, 3.63) is 46.4 Å². The minimum atomic E-state index is -0.787. The SMILES string of the molecule is CC(C)C[C@@H](Cn1cc(C(C)(C)NC(N)=O)nn1)NC(=O)c1cc2c(=O)[nH]ccn2n1. The third-order valence-corrected chi connectivity index (χ3v) is 4.74. The topological polar surface area (TPSA) is 165 Å². The van der Waals surface area contributed by atoms with Gasteiger partial charge >= 0.3 is 6.03 Å². The van der Waals surface area contributed by atoms with Gasteiger partial charge in [-0.25, -0.2) is 9.31 Å². The first-order valence-electron chi connectivity index (χ1n) is 9.91. The largest absolute Gasteiger partial charge is 0.352 e. The van der Waals surface area contributed by atoms with Crippen LogP contribution in [0.1, 0.15) is 50.3 Å². The van der Waals surface area contributed by atoms with Crippen LogP contribution < -0.4 is 21.9 Å². The molecule has 12 heteroatoms. The standard InChI is InChI=1S/C19H27N9O3/c1-11(2)7-12(9-27-10-15(24-26-27)19(3,4)23-18(20)31)22-16(29)13-8-14-17(30)21-5-6-28(14)25-13/h5-6,8,10-12H,7,9H2,1-4H3,(H,21,30)(H,22,29)(H3,20,23,31)/t12-/m0/s1. The van der Waals surface area contributed by atoms with Crippen molar-refractivity contribution in [3.63, 3.8) is 0 Å². The maximum atomic E-state index is 12.8. The van der Waals surface area contributed by atoms with E-state index in [2.05, 4.69) is 44.9 Å². The number of carbonyl (C=O) groups excluding carboxylic acids is 2. The van der Waals surface area contributed by atoms with Crippen molar-refractivity contribution in [1.82, 2.24) is 40.2 Å². The van der Waals surface area contributed by atoms with Crippen molar-refractivity contribution in [1.29, 1.82) is 0 Å². The van der Waals surface area contributed by atoms with Crippen LogP contribution in [-0.4, -0.2) is 47.6 Å². The number of H-pyrrole nitrogens is 1. The maximum absolute atomic E-state index is 12.8. The lowest BCUT2D eigenvalue weighted by molar-refractivity contribution is 0.0921. The predicted octanol–water partition coefficient (Wildman–Crippen LogP) is 0.362. The minimum Gasteiger partial charge on any atom is -0.352 e. The Balaban J connectivity index is 1.76. The molecule has 1 atom stereocenters. The number of nitrogens with zero attached hydrogens (tertiary/aromatic N) is 5. The molecular weight excluding hydrogens is 402 g/mol. The first kappa shape index (κ1) is 22.0. The van der Waals surface area contributed by atoms with Crippen LogP contribution in [0.5, 0.6) is 0 Å². The minimum absolute atomic E-state index is 0.150. The second-order valence-electron chi connectivity index (χ2n) is 8.39. The van der Waals surface area contributed by atoms with Gasteiger partial charge in [-0.3, -0.25) is 14.3 Å². The van der Waals surface area contributed by atoms with Gasteiger partial charge in [0, 0.05) is 24.5 Å². The molecule has 31 heavy (non-hydrogen) atoms. The van der Waals surface area contributed by atoms with Gasteiger partial charge in [-0.05, 0) is 26.2 Å². The molecule has 3 rings (SSSR count). The molecule has 0 aliphatic carbocycles. The molecule has 166 valence electrons. The first-order valence-corrected chi connectivity index (χ1v) is 9.91. The van der Waals surface area contributed by atoms with Gasteiger partial charge in [0.2, 0.25) is 0 Å². The van der Waals surface area contributed by atoms with Gasteiger partial charge in [-0.15, -0.1) is 5.10 Å². The zero-order chi connectivity index (χ0) is 22.8. The van der Waals surface area contributed by atoms with Crippen LogP contribution in [0.4, 0.5) is 4.79 Å². The van der Waals surface area contributed by atoms with E-state index in [1.807, 2.05) is 0 Å². The van der Waals surface area contributed by atoms with Crippen LogP contribution in [0.25, 0.3) is 5.52 Å². The third kappa shape index (κ3) is 5.27. The Bertz CT molecular complexity index is 1140. The molecule has 0 aromatic carbocycles. The van der Waals surface area contributed by atoms with Crippen molar-refractivity contribution in [3.8, 4) is 0 Å². The van der Waals surface area contributed by atoms with Gasteiger partial charge in [0.1, 0.15) is 11.2 Å². The van der Waals surface area contributed by atoms with E-state index < -0.39 is 11.6 Å². The summed E-state index contributed by atoms with van der Waals surface area (Å²) in [4.78, 5) is 38.4. The number of carbonyl (C=O) groups is 2. The molecule has 0 spiro atoms. The van der Waals surface area contributed by atoms with Crippen LogP contribution in [0.3, 0.4) is 0 Å². The number of aromatic amines is 1. The lowest BCUT2D eigenvalue weighted by atomic mass is 10.0. The van der Waals surface area contributed by atoms with Crippen LogP contribution in [0.15, 0.2) is 29.5 Å². The Kier molecular flexibility index (Phi) is 6.09. The summed E-state index contributed by atoms with van der Waals surface area (Å²) in [6.07, 6.45) is 5.43. The molecule has 5 N–H and O–H groups in total. The highest BCUT2D eigenvalue weighted by molar-refractivity contribution is 5.93. The van der Waals surface area contributed by atoms with E-state index in [1.54, 1.807) is 30.9 Å². The van der Waals surface area contributed by atoms with Gasteiger partial charge < -0.3 is 21.4 Å². The summed E-state index contributed by atoms with van der Waals surface area (Å²) < 4.78 is 2.98. The van der Waals surface area contributed by atoms with Crippen molar-refractivity contribution in [2.75, 3.05) is 0 Å². The molecule has 0 saturated carbocycles. The highest BCUT2D eigenvalue weighted by Crippen LogP contribution is 2.17. The fraction of sp³-hybridized carbons (Fsp3) is 0.474. The van der Waals surface area contributed by atoms with Crippen LogP contribution >= 0.6 is 0 Å². The molecule has 0 radical (unpaired) electrons. The summed E-state index contributed by atoms with van der Waals surface area (Å²) in [6.45, 7) is 8.01. The van der Waals surface area contributed by atoms with Gasteiger partial charge in [-0.2, -0.15) is 5.10 Å². The maximum Gasteiger partial charge on any atom is 0.312 e. The molecular formula is C19H27N9O3. The number of hydrogen-bond donors (Lipinski definition) is 4. The van der Waals surface area contributed by atoms with E-state index in [0.29, 0.717) is 24.6 Å². The molecule has 3 aromatic rings. The van der Waals surface area contributed by atoms with Crippen molar-refractivity contribution in [2.24, 2.45) is 11.7 Å². The molecule has 0 aliphatic heterocycles. The Morgan fingerprint density at radius 1 is 1.32 bits per heavy atom. The quantitative estimate of drug-likeness (QED) is 0.404. The number of nitrogens with one attached hydrogen (secondary N) is 3. The molecule has 0 unspecified atom stereocenters. The smallest absolute Gasteiger partial charge is 0.312 e. The van der Waals surface area contributed by atoms with Gasteiger partial charge in [0.05, 0.1) is 18.3 Å². The van der Waals surface area contributed by atoms with E-state index >= 15 is 0 Å². The first-order chi connectivity index (χ1) is 14.5. The zero-order valence-electron chi connectivity index (χ0n) is 17.9. The Morgan fingerprint density at radius 2 is 2.06 bits per heavy atom. The molecule has 0 aliphatic rings. The molecule has 3 heterocycles. The third-order valence-electron chi connectivity index (χ3n) is 4.74. The molecule has 0 bridgehead atoms. The molecule has 12 nitrogen and oxygen atoms in total. The van der Waals surface area contributed by atoms with E-state index in [9.17, 15) is 14.4 Å². The van der Waals surface area contributed by atoms with E-state index in [0.717, 1.165) is 0 Å². The molecule has 0 saturated heterocycles. The van der Waals surface area contributed by atoms with E-state index in [1.165, 1.54) is 16.8 Å². The normalized spacial score (nSPS) is 12.8. The Hall–Kier alpha value is -3.70. The van der Waals surface area contributed by atoms with Crippen molar-refractivity contribution < 1.29 is 9.59 Å². The fourth-order valence-corrected chi connectivity index (χ4v) is 3.33. The van der Waals surface area contributed by atoms with Gasteiger partial charge in [-0.1, -0.05) is 19.1 Å². The zero-order valence-corrected chi connectivity index (χ0v) is 17.9. The average molecular weight is 429 g/mol. The number of aromatic nitrogens is 6. The lowest BCUT2D eigenvalue weighted by Crippen LogP contribution is -2.44. The number of rotatable bonds is 8. The molecule has 3 amide bonds. The Labute approximate surface area is 178 Å². The average Bonchev–Trinajstić information content (AvgIpc) is 3.28. The highest BCUT2D eigenvalue weighted by Gasteiger charge is 2.26. The summed E-state index contributed by atoms with van der Waals surface area (Å²) >= 11 is 0. The Morgan fingerprint density at radius 3 is 2.71 bits per heavy atom. The molecule has 3 aromatic heterocycles. The lowest BCUT2D eigenvalue weighted by Gasteiger charge is -2.22. The number of urea groups is 1. The van der Waals surface area contributed by atoms with E-state index in [-0.39, 0.29) is 28.7 Å². The number of primary amides is 1. The second-order valence-corrected chi connectivity index (χ2v) is 8.39. The second kappa shape index (κ2) is 8.58. The predicted molar refractivity (Wildman–Crippen MR) is 112 cm³/mol. The van der Waals surface area contributed by atoms with Gasteiger partial charge in [0.15, 0.2) is 5.69 Å². The number of fused-ring (bicyclic) bond motifs is 1. The van der Waals surface area contributed by atoms with E-state index in [4.69, 9.17) is 5.73 Å². The van der Waals surface area contributed by atoms with Gasteiger partial charge in [0.25, 0.3) is 11.5 Å². The summed E-state index contributed by atoms with van der Waals surface area (Å²) in [7, 11) is 0. The number of hydrogen-bond acceptors (Lipinski definition) is 6. The summed E-state index contributed by atoms with van der Waals surface area (Å²) in [6, 6.07) is 0.541. The number of amides is 3. The number of nitrogens with two attached hydrogens (primary N) is 1. The van der Waals surface area contributed by atoms with Crippen LogP contribution in [0.2, 0.25) is 0 Å². The van der Waals surface area contributed by atoms with Crippen molar-refractivity contribution >= 4 is 17.5 Å². The summed E-state index contributed by atoms with van der Waals surface area (Å²) in [5, 5.41) is 18.0. The monoisotopic (exact) mass is 429 g/mol. The fourth-order valence-electron chi connectivity index (χ4n) is 3.33. The summed E-state index contributed by atoms with van der Waals surface area (Å²) in [5.74, 6) is -0.0741. The molecule has 0 fully saturated rings. The van der Waals surface area contributed by atoms with Crippen LogP contribution in [-0.2, 0) is 12.1 Å².